The minimum atomic E-state index is 0.122. The molecule has 6 heteroatoms. The van der Waals surface area contributed by atoms with Crippen LogP contribution in [0.15, 0.2) is 24.3 Å². The minimum absolute atomic E-state index is 0.122. The summed E-state index contributed by atoms with van der Waals surface area (Å²) in [5, 5.41) is 5.55. The van der Waals surface area contributed by atoms with Gasteiger partial charge in [-0.2, -0.15) is 5.10 Å². The Balaban J connectivity index is 2.01. The SMILES string of the molecule is CCc1c(C(=O)N2CCN(CC)CC2)c(CC(C)C)nn1-c1cccc(Cl)c1. The van der Waals surface area contributed by atoms with E-state index in [-0.39, 0.29) is 5.91 Å². The number of nitrogens with zero attached hydrogens (tertiary/aromatic N) is 4. The van der Waals surface area contributed by atoms with Gasteiger partial charge in [0.05, 0.1) is 22.6 Å². The third-order valence-corrected chi connectivity index (χ3v) is 5.60. The van der Waals surface area contributed by atoms with Crippen LogP contribution < -0.4 is 0 Å². The summed E-state index contributed by atoms with van der Waals surface area (Å²) < 4.78 is 1.92. The molecule has 0 radical (unpaired) electrons. The van der Waals surface area contributed by atoms with Crippen molar-refractivity contribution in [3.63, 3.8) is 0 Å². The van der Waals surface area contributed by atoms with Gasteiger partial charge in [0.1, 0.15) is 0 Å². The van der Waals surface area contributed by atoms with Crippen LogP contribution in [0.1, 0.15) is 49.4 Å². The Morgan fingerprint density at radius 1 is 1.18 bits per heavy atom. The topological polar surface area (TPSA) is 41.4 Å². The Morgan fingerprint density at radius 2 is 1.89 bits per heavy atom. The second kappa shape index (κ2) is 9.10. The van der Waals surface area contributed by atoms with Gasteiger partial charge in [-0.25, -0.2) is 4.68 Å². The molecule has 3 rings (SSSR count). The Labute approximate surface area is 173 Å². The summed E-state index contributed by atoms with van der Waals surface area (Å²) >= 11 is 6.21. The first-order chi connectivity index (χ1) is 13.4. The lowest BCUT2D eigenvalue weighted by Crippen LogP contribution is -2.48. The van der Waals surface area contributed by atoms with Gasteiger partial charge in [-0.3, -0.25) is 4.79 Å². The van der Waals surface area contributed by atoms with Crippen molar-refractivity contribution >= 4 is 17.5 Å². The van der Waals surface area contributed by atoms with E-state index in [4.69, 9.17) is 16.7 Å². The summed E-state index contributed by atoms with van der Waals surface area (Å²) in [5.74, 6) is 0.549. The maximum Gasteiger partial charge on any atom is 0.257 e. The number of carbonyl (C=O) groups is 1. The Kier molecular flexibility index (Phi) is 6.78. The van der Waals surface area contributed by atoms with E-state index in [1.165, 1.54) is 0 Å². The summed E-state index contributed by atoms with van der Waals surface area (Å²) in [5.41, 5.74) is 3.57. The lowest BCUT2D eigenvalue weighted by Gasteiger charge is -2.34. The predicted molar refractivity (Wildman–Crippen MR) is 115 cm³/mol. The van der Waals surface area contributed by atoms with E-state index >= 15 is 0 Å². The van der Waals surface area contributed by atoms with E-state index in [0.29, 0.717) is 10.9 Å². The Hall–Kier alpha value is -1.85. The number of likely N-dealkylation sites (N-methyl/N-ethyl adjacent to an activating group) is 1. The molecule has 0 unspecified atom stereocenters. The number of carbonyl (C=O) groups excluding carboxylic acids is 1. The largest absolute Gasteiger partial charge is 0.336 e. The molecule has 1 aliphatic heterocycles. The average Bonchev–Trinajstić information content (AvgIpc) is 3.05. The number of hydrogen-bond donors (Lipinski definition) is 0. The normalized spacial score (nSPS) is 15.4. The molecule has 0 atom stereocenters. The number of halogens is 1. The summed E-state index contributed by atoms with van der Waals surface area (Å²) in [7, 11) is 0. The molecule has 1 saturated heterocycles. The molecule has 2 heterocycles. The fraction of sp³-hybridized carbons (Fsp3) is 0.545. The van der Waals surface area contributed by atoms with Gasteiger partial charge in [0.25, 0.3) is 5.91 Å². The van der Waals surface area contributed by atoms with Crippen molar-refractivity contribution < 1.29 is 4.79 Å². The highest BCUT2D eigenvalue weighted by Crippen LogP contribution is 2.25. The summed E-state index contributed by atoms with van der Waals surface area (Å²) in [6, 6.07) is 7.67. The maximum absolute atomic E-state index is 13.5. The highest BCUT2D eigenvalue weighted by atomic mass is 35.5. The van der Waals surface area contributed by atoms with Gasteiger partial charge < -0.3 is 9.80 Å². The Bertz CT molecular complexity index is 822. The second-order valence-corrected chi connectivity index (χ2v) is 8.27. The molecule has 152 valence electrons. The van der Waals surface area contributed by atoms with Gasteiger partial charge in [0.15, 0.2) is 0 Å². The maximum atomic E-state index is 13.5. The van der Waals surface area contributed by atoms with Gasteiger partial charge in [-0.05, 0) is 43.5 Å². The number of aromatic nitrogens is 2. The molecule has 1 aromatic carbocycles. The lowest BCUT2D eigenvalue weighted by atomic mass is 10.0. The average molecular weight is 403 g/mol. The molecule has 0 spiro atoms. The van der Waals surface area contributed by atoms with Gasteiger partial charge in [0, 0.05) is 31.2 Å². The molecule has 1 amide bonds. The van der Waals surface area contributed by atoms with E-state index in [2.05, 4.69) is 32.6 Å². The van der Waals surface area contributed by atoms with Crippen LogP contribution in [-0.2, 0) is 12.8 Å². The number of benzene rings is 1. The van der Waals surface area contributed by atoms with Crippen molar-refractivity contribution in [2.75, 3.05) is 32.7 Å². The standard InChI is InChI=1S/C22H31ClN4O/c1-5-20-21(22(28)26-12-10-25(6-2)11-13-26)19(14-16(3)4)24-27(20)18-9-7-8-17(23)15-18/h7-9,15-16H,5-6,10-14H2,1-4H3. The van der Waals surface area contributed by atoms with Crippen molar-refractivity contribution in [3.8, 4) is 5.69 Å². The third-order valence-electron chi connectivity index (χ3n) is 5.36. The monoisotopic (exact) mass is 402 g/mol. The summed E-state index contributed by atoms with van der Waals surface area (Å²) in [6.07, 6.45) is 1.53. The fourth-order valence-corrected chi connectivity index (χ4v) is 4.04. The lowest BCUT2D eigenvalue weighted by molar-refractivity contribution is 0.0641. The highest BCUT2D eigenvalue weighted by Gasteiger charge is 2.29. The Morgan fingerprint density at radius 3 is 2.46 bits per heavy atom. The van der Waals surface area contributed by atoms with Crippen LogP contribution in [-0.4, -0.2) is 58.2 Å². The quantitative estimate of drug-likeness (QED) is 0.731. The zero-order valence-corrected chi connectivity index (χ0v) is 18.2. The van der Waals surface area contributed by atoms with Gasteiger partial charge in [-0.1, -0.05) is 45.4 Å². The zero-order valence-electron chi connectivity index (χ0n) is 17.4. The van der Waals surface area contributed by atoms with Crippen molar-refractivity contribution in [1.29, 1.82) is 0 Å². The highest BCUT2D eigenvalue weighted by molar-refractivity contribution is 6.30. The molecule has 0 aliphatic carbocycles. The van der Waals surface area contributed by atoms with Crippen LogP contribution in [0, 0.1) is 5.92 Å². The number of hydrogen-bond acceptors (Lipinski definition) is 3. The van der Waals surface area contributed by atoms with Crippen LogP contribution in [0.3, 0.4) is 0 Å². The molecule has 0 bridgehead atoms. The zero-order chi connectivity index (χ0) is 20.3. The van der Waals surface area contributed by atoms with Crippen LogP contribution >= 0.6 is 11.6 Å². The molecule has 1 aromatic heterocycles. The molecule has 1 fully saturated rings. The molecule has 1 aliphatic rings. The minimum Gasteiger partial charge on any atom is -0.336 e. The van der Waals surface area contributed by atoms with Crippen LogP contribution in [0.5, 0.6) is 0 Å². The number of rotatable bonds is 6. The van der Waals surface area contributed by atoms with Crippen molar-refractivity contribution in [2.24, 2.45) is 5.92 Å². The van der Waals surface area contributed by atoms with Crippen LogP contribution in [0.4, 0.5) is 0 Å². The first-order valence-electron chi connectivity index (χ1n) is 10.3. The van der Waals surface area contributed by atoms with E-state index in [1.54, 1.807) is 0 Å². The molecular weight excluding hydrogens is 372 g/mol. The second-order valence-electron chi connectivity index (χ2n) is 7.84. The smallest absolute Gasteiger partial charge is 0.257 e. The first kappa shape index (κ1) is 20.9. The molecule has 5 nitrogen and oxygen atoms in total. The van der Waals surface area contributed by atoms with Gasteiger partial charge >= 0.3 is 0 Å². The molecule has 28 heavy (non-hydrogen) atoms. The number of amides is 1. The first-order valence-corrected chi connectivity index (χ1v) is 10.7. The van der Waals surface area contributed by atoms with E-state index in [1.807, 2.05) is 33.8 Å². The van der Waals surface area contributed by atoms with E-state index in [9.17, 15) is 4.79 Å². The van der Waals surface area contributed by atoms with Gasteiger partial charge in [-0.15, -0.1) is 0 Å². The van der Waals surface area contributed by atoms with E-state index in [0.717, 1.165) is 68.2 Å². The summed E-state index contributed by atoms with van der Waals surface area (Å²) in [4.78, 5) is 17.9. The summed E-state index contributed by atoms with van der Waals surface area (Å²) in [6.45, 7) is 13.0. The number of piperazine rings is 1. The molecule has 0 saturated carbocycles. The molecule has 0 N–H and O–H groups in total. The molecule has 2 aromatic rings. The van der Waals surface area contributed by atoms with Crippen molar-refractivity contribution in [3.05, 3.63) is 46.2 Å². The third kappa shape index (κ3) is 4.41. The molecular formula is C22H31ClN4O. The van der Waals surface area contributed by atoms with Crippen LogP contribution in [0.25, 0.3) is 5.69 Å². The predicted octanol–water partition coefficient (Wildman–Crippen LogP) is 4.06. The van der Waals surface area contributed by atoms with Crippen molar-refractivity contribution in [1.82, 2.24) is 19.6 Å². The fourth-order valence-electron chi connectivity index (χ4n) is 3.85. The van der Waals surface area contributed by atoms with Crippen molar-refractivity contribution in [2.45, 2.75) is 40.5 Å². The van der Waals surface area contributed by atoms with E-state index < -0.39 is 0 Å². The van der Waals surface area contributed by atoms with Gasteiger partial charge in [0.2, 0.25) is 0 Å². The van der Waals surface area contributed by atoms with Crippen LogP contribution in [0.2, 0.25) is 5.02 Å².